The zero-order chi connectivity index (χ0) is 24.2. The van der Waals surface area contributed by atoms with E-state index in [0.717, 1.165) is 32.1 Å². The molecule has 1 saturated heterocycles. The molecule has 1 heterocycles. The summed E-state index contributed by atoms with van der Waals surface area (Å²) in [5.41, 5.74) is 0.308. The minimum atomic E-state index is -0.157. The normalized spacial score (nSPS) is 16.7. The second-order valence-corrected chi connectivity index (χ2v) is 10.2. The molecule has 0 saturated carbocycles. The van der Waals surface area contributed by atoms with Gasteiger partial charge in [0.25, 0.3) is 0 Å². The number of aliphatic hydroxyl groups is 1. The fraction of sp³-hybridized carbons (Fsp3) is 0.690. The third-order valence-electron chi connectivity index (χ3n) is 6.25. The number of likely N-dealkylation sites (tertiary alicyclic amines) is 1. The largest absolute Gasteiger partial charge is 0.394 e. The van der Waals surface area contributed by atoms with Gasteiger partial charge in [0, 0.05) is 25.3 Å². The summed E-state index contributed by atoms with van der Waals surface area (Å²) in [6.45, 7) is 10.7. The zero-order valence-electron chi connectivity index (χ0n) is 21.7. The van der Waals surface area contributed by atoms with Crippen LogP contribution in [0.15, 0.2) is 48.6 Å². The van der Waals surface area contributed by atoms with Crippen LogP contribution in [0.1, 0.15) is 91.4 Å². The number of allylic oxidation sites excluding steroid dienone is 8. The second-order valence-electron chi connectivity index (χ2n) is 10.2. The molecule has 4 nitrogen and oxygen atoms in total. The molecule has 33 heavy (non-hydrogen) atoms. The summed E-state index contributed by atoms with van der Waals surface area (Å²) < 4.78 is 0. The fourth-order valence-electron chi connectivity index (χ4n) is 4.16. The molecule has 1 atom stereocenters. The number of unbranched alkanes of at least 4 members (excludes halogenated alkanes) is 2. The predicted molar refractivity (Wildman–Crippen MR) is 141 cm³/mol. The zero-order valence-corrected chi connectivity index (χ0v) is 21.7. The molecule has 1 aliphatic heterocycles. The molecule has 3 N–H and O–H groups in total. The first-order valence-electron chi connectivity index (χ1n) is 13.3. The van der Waals surface area contributed by atoms with Gasteiger partial charge in [-0.25, -0.2) is 0 Å². The third kappa shape index (κ3) is 17.5. The van der Waals surface area contributed by atoms with Gasteiger partial charge in [-0.15, -0.1) is 0 Å². The molecule has 0 unspecified atom stereocenters. The lowest BCUT2D eigenvalue weighted by atomic mass is 9.86. The van der Waals surface area contributed by atoms with Crippen LogP contribution < -0.4 is 10.2 Å². The summed E-state index contributed by atoms with van der Waals surface area (Å²) in [5, 5.41) is 11.7. The van der Waals surface area contributed by atoms with Crippen LogP contribution in [0.25, 0.3) is 0 Å². The van der Waals surface area contributed by atoms with Crippen LogP contribution in [0.5, 0.6) is 0 Å². The Balaban J connectivity index is 2.00. The van der Waals surface area contributed by atoms with E-state index in [9.17, 15) is 4.79 Å². The lowest BCUT2D eigenvalue weighted by molar-refractivity contribution is -0.887. The van der Waals surface area contributed by atoms with Gasteiger partial charge in [0.1, 0.15) is 0 Å². The number of amides is 1. The van der Waals surface area contributed by atoms with E-state index < -0.39 is 0 Å². The van der Waals surface area contributed by atoms with Crippen molar-refractivity contribution in [2.45, 2.75) is 97.4 Å². The number of rotatable bonds is 18. The van der Waals surface area contributed by atoms with Gasteiger partial charge in [-0.1, -0.05) is 62.5 Å². The van der Waals surface area contributed by atoms with Crippen LogP contribution in [0.2, 0.25) is 0 Å². The highest BCUT2D eigenvalue weighted by atomic mass is 16.3. The second kappa shape index (κ2) is 18.7. The molecule has 1 amide bonds. The Kier molecular flexibility index (Phi) is 16.7. The van der Waals surface area contributed by atoms with Crippen LogP contribution in [-0.4, -0.2) is 43.3 Å². The number of quaternary nitrogens is 1. The molecule has 188 valence electrons. The van der Waals surface area contributed by atoms with Gasteiger partial charge in [-0.3, -0.25) is 4.79 Å². The van der Waals surface area contributed by atoms with E-state index >= 15 is 0 Å². The number of aliphatic hydroxyl groups excluding tert-OH is 1. The Labute approximate surface area is 203 Å². The minimum Gasteiger partial charge on any atom is -0.394 e. The van der Waals surface area contributed by atoms with E-state index in [2.05, 4.69) is 67.8 Å². The van der Waals surface area contributed by atoms with Crippen molar-refractivity contribution in [3.63, 3.8) is 0 Å². The molecule has 0 bridgehead atoms. The lowest BCUT2D eigenvalue weighted by Gasteiger charge is -2.20. The highest BCUT2D eigenvalue weighted by molar-refractivity contribution is 5.76. The third-order valence-corrected chi connectivity index (χ3v) is 6.25. The number of carbonyl (C=O) groups excluding carboxylic acids is 1. The number of hydrogen-bond donors (Lipinski definition) is 3. The Morgan fingerprint density at radius 3 is 2.18 bits per heavy atom. The maximum atomic E-state index is 11.6. The van der Waals surface area contributed by atoms with Gasteiger partial charge in [-0.2, -0.15) is 0 Å². The first kappa shape index (κ1) is 29.4. The average Bonchev–Trinajstić information content (AvgIpc) is 3.30. The van der Waals surface area contributed by atoms with E-state index in [0.29, 0.717) is 11.8 Å². The number of hydrogen-bond acceptors (Lipinski definition) is 2. The Morgan fingerprint density at radius 2 is 1.55 bits per heavy atom. The maximum absolute atomic E-state index is 11.6. The summed E-state index contributed by atoms with van der Waals surface area (Å²) in [6.07, 6.45) is 30.0. The molecule has 1 fully saturated rings. The van der Waals surface area contributed by atoms with Gasteiger partial charge < -0.3 is 15.3 Å². The summed E-state index contributed by atoms with van der Waals surface area (Å²) in [7, 11) is 0. The van der Waals surface area contributed by atoms with E-state index in [1.807, 2.05) is 4.90 Å². The average molecular weight is 460 g/mol. The Bertz CT molecular complexity index is 613. The number of nitrogens with one attached hydrogen (secondary N) is 2. The molecule has 0 radical (unpaired) electrons. The van der Waals surface area contributed by atoms with Crippen LogP contribution >= 0.6 is 0 Å². The lowest BCUT2D eigenvalue weighted by Crippen LogP contribution is -3.09. The topological polar surface area (TPSA) is 53.8 Å². The van der Waals surface area contributed by atoms with E-state index in [1.54, 1.807) is 6.92 Å². The summed E-state index contributed by atoms with van der Waals surface area (Å²) in [5.74, 6) is 0.0174. The van der Waals surface area contributed by atoms with Crippen LogP contribution in [0.3, 0.4) is 0 Å². The molecule has 0 aromatic rings. The smallest absolute Gasteiger partial charge is 0.220 e. The molecule has 1 rings (SSSR count). The van der Waals surface area contributed by atoms with Gasteiger partial charge in [0.15, 0.2) is 0 Å². The molecule has 0 spiro atoms. The highest BCUT2D eigenvalue weighted by Crippen LogP contribution is 2.25. The predicted octanol–water partition coefficient (Wildman–Crippen LogP) is 4.92. The standard InChI is InChI=1S/C29H50N2O2/c1-27(26-32)30-28(33)20-14-12-10-8-6-4-5-7-9-11-13-15-21-29(2,3)22-16-17-23-31-24-18-19-25-31/h4-5,8-11,15,21,27,32H,6-7,12-14,16-20,22-26H2,1-3H3,(H,30,33)/p+1/b5-4-,10-8-,11-9-,21-15-/t27-/m1/s1. The van der Waals surface area contributed by atoms with Crippen molar-refractivity contribution in [1.29, 1.82) is 0 Å². The quantitative estimate of drug-likeness (QED) is 0.201. The van der Waals surface area contributed by atoms with Crippen LogP contribution in [0.4, 0.5) is 0 Å². The minimum absolute atomic E-state index is 0.0121. The Hall–Kier alpha value is -1.65. The molecule has 0 aliphatic carbocycles. The Morgan fingerprint density at radius 1 is 0.939 bits per heavy atom. The first-order chi connectivity index (χ1) is 15.9. The molecular weight excluding hydrogens is 408 g/mol. The van der Waals surface area contributed by atoms with Crippen molar-refractivity contribution < 1.29 is 14.8 Å². The monoisotopic (exact) mass is 459 g/mol. The molecule has 0 aromatic heterocycles. The molecule has 4 heteroatoms. The van der Waals surface area contributed by atoms with E-state index in [4.69, 9.17) is 5.11 Å². The van der Waals surface area contributed by atoms with E-state index in [1.165, 1.54) is 51.7 Å². The summed E-state index contributed by atoms with van der Waals surface area (Å²) in [4.78, 5) is 13.4. The van der Waals surface area contributed by atoms with Crippen molar-refractivity contribution in [3.8, 4) is 0 Å². The highest BCUT2D eigenvalue weighted by Gasteiger charge is 2.16. The number of carbonyl (C=O) groups is 1. The van der Waals surface area contributed by atoms with E-state index in [-0.39, 0.29) is 18.6 Å². The van der Waals surface area contributed by atoms with Gasteiger partial charge in [-0.05, 0) is 63.7 Å². The SMILES string of the molecule is C[C@H](CO)NC(=O)CCC/C=C\C/C=C\C/C=C\C/C=C\C(C)(C)CCCC[NH+]1CCCC1. The van der Waals surface area contributed by atoms with Crippen molar-refractivity contribution >= 4 is 5.91 Å². The molecule has 1 aliphatic rings. The van der Waals surface area contributed by atoms with Crippen molar-refractivity contribution in [2.75, 3.05) is 26.2 Å². The fourth-order valence-corrected chi connectivity index (χ4v) is 4.16. The van der Waals surface area contributed by atoms with Gasteiger partial charge in [0.2, 0.25) is 5.91 Å². The van der Waals surface area contributed by atoms with Crippen molar-refractivity contribution in [3.05, 3.63) is 48.6 Å². The van der Waals surface area contributed by atoms with Gasteiger partial charge >= 0.3 is 0 Å². The van der Waals surface area contributed by atoms with Crippen molar-refractivity contribution in [2.24, 2.45) is 5.41 Å². The summed E-state index contributed by atoms with van der Waals surface area (Å²) >= 11 is 0. The molecule has 0 aromatic carbocycles. The van der Waals surface area contributed by atoms with Crippen molar-refractivity contribution in [1.82, 2.24) is 5.32 Å². The van der Waals surface area contributed by atoms with Gasteiger partial charge in [0.05, 0.1) is 26.2 Å². The summed E-state index contributed by atoms with van der Waals surface area (Å²) in [6, 6.07) is -0.157. The van der Waals surface area contributed by atoms with Crippen LogP contribution in [-0.2, 0) is 4.79 Å². The maximum Gasteiger partial charge on any atom is 0.220 e. The van der Waals surface area contributed by atoms with Crippen LogP contribution in [0, 0.1) is 5.41 Å². The molecular formula is C29H51N2O2+. The first-order valence-corrected chi connectivity index (χ1v) is 13.3.